The van der Waals surface area contributed by atoms with Crippen LogP contribution in [-0.2, 0) is 19.2 Å². The molecule has 1 aromatic rings. The summed E-state index contributed by atoms with van der Waals surface area (Å²) >= 11 is 0. The zero-order chi connectivity index (χ0) is 18.0. The lowest BCUT2D eigenvalue weighted by Crippen LogP contribution is -2.50. The van der Waals surface area contributed by atoms with E-state index in [1.807, 2.05) is 31.2 Å². The first-order chi connectivity index (χ1) is 11.9. The minimum Gasteiger partial charge on any atom is -0.345 e. The van der Waals surface area contributed by atoms with Crippen molar-refractivity contribution in [1.29, 1.82) is 0 Å². The third kappa shape index (κ3) is 4.14. The number of carbonyl (C=O) groups excluding carboxylic acids is 4. The zero-order valence-corrected chi connectivity index (χ0v) is 13.9. The Balaban J connectivity index is 1.51. The quantitative estimate of drug-likeness (QED) is 0.520. The number of hydrogen-bond donors (Lipinski definition) is 3. The van der Waals surface area contributed by atoms with E-state index in [1.165, 1.54) is 0 Å². The molecule has 2 aliphatic rings. The van der Waals surface area contributed by atoms with Crippen LogP contribution < -0.4 is 21.1 Å². The van der Waals surface area contributed by atoms with Gasteiger partial charge in [-0.2, -0.15) is 0 Å². The second kappa shape index (κ2) is 6.92. The van der Waals surface area contributed by atoms with Crippen molar-refractivity contribution >= 4 is 29.3 Å². The topological polar surface area (TPSA) is 108 Å². The summed E-state index contributed by atoms with van der Waals surface area (Å²) in [5.41, 5.74) is 6.13. The average molecular weight is 344 g/mol. The molecule has 25 heavy (non-hydrogen) atoms. The van der Waals surface area contributed by atoms with E-state index in [0.717, 1.165) is 24.1 Å². The second-order valence-electron chi connectivity index (χ2n) is 6.43. The highest BCUT2D eigenvalue weighted by Gasteiger charge is 2.35. The molecule has 1 saturated heterocycles. The number of nitrogens with zero attached hydrogens (tertiary/aromatic N) is 1. The summed E-state index contributed by atoms with van der Waals surface area (Å²) in [5, 5.41) is 2.52. The molecule has 8 nitrogen and oxygen atoms in total. The standard InChI is InChI=1S/C17H20N4O4/c1-10-2-6-13(7-3-10)21-9-11(8-14(21)22)15(23)19-20-17(25)16(24)18-12-4-5-12/h2-3,6-7,11-12H,4-5,8-9H2,1H3,(H,18,24)(H,19,23)(H,20,25)/t11-/m1/s1. The van der Waals surface area contributed by atoms with Gasteiger partial charge in [0.2, 0.25) is 11.8 Å². The van der Waals surface area contributed by atoms with E-state index in [4.69, 9.17) is 0 Å². The lowest BCUT2D eigenvalue weighted by atomic mass is 10.1. The second-order valence-corrected chi connectivity index (χ2v) is 6.43. The van der Waals surface area contributed by atoms with Crippen LogP contribution in [0.2, 0.25) is 0 Å². The number of amides is 4. The number of benzene rings is 1. The normalized spacial score (nSPS) is 19.5. The number of rotatable bonds is 3. The summed E-state index contributed by atoms with van der Waals surface area (Å²) in [5.74, 6) is -2.91. The molecular formula is C17H20N4O4. The molecule has 132 valence electrons. The Bertz CT molecular complexity index is 712. The molecule has 1 heterocycles. The molecule has 0 spiro atoms. The molecule has 1 aromatic carbocycles. The predicted molar refractivity (Wildman–Crippen MR) is 89.1 cm³/mol. The Labute approximate surface area is 144 Å². The number of aryl methyl sites for hydroxylation is 1. The highest BCUT2D eigenvalue weighted by atomic mass is 16.2. The van der Waals surface area contributed by atoms with Crippen molar-refractivity contribution in [3.8, 4) is 0 Å². The Kier molecular flexibility index (Phi) is 4.69. The SMILES string of the molecule is Cc1ccc(N2C[C@H](C(=O)NNC(=O)C(=O)NC3CC3)CC2=O)cc1. The van der Waals surface area contributed by atoms with Gasteiger partial charge in [0.05, 0.1) is 5.92 Å². The van der Waals surface area contributed by atoms with Crippen molar-refractivity contribution in [3.63, 3.8) is 0 Å². The number of anilines is 1. The lowest BCUT2D eigenvalue weighted by Gasteiger charge is -2.17. The van der Waals surface area contributed by atoms with E-state index in [-0.39, 0.29) is 24.9 Å². The van der Waals surface area contributed by atoms with Gasteiger partial charge in [-0.25, -0.2) is 0 Å². The van der Waals surface area contributed by atoms with Crippen LogP contribution in [0.3, 0.4) is 0 Å². The Hall–Kier alpha value is -2.90. The first-order valence-corrected chi connectivity index (χ1v) is 8.22. The molecule has 4 amide bonds. The maximum Gasteiger partial charge on any atom is 0.327 e. The summed E-state index contributed by atoms with van der Waals surface area (Å²) in [4.78, 5) is 48.9. The van der Waals surface area contributed by atoms with Crippen LogP contribution in [-0.4, -0.2) is 36.2 Å². The third-order valence-corrected chi connectivity index (χ3v) is 4.26. The fourth-order valence-corrected chi connectivity index (χ4v) is 2.61. The summed E-state index contributed by atoms with van der Waals surface area (Å²) in [7, 11) is 0. The van der Waals surface area contributed by atoms with Crippen molar-refractivity contribution < 1.29 is 19.2 Å². The monoisotopic (exact) mass is 344 g/mol. The first kappa shape index (κ1) is 16.9. The van der Waals surface area contributed by atoms with Gasteiger partial charge in [0.1, 0.15) is 0 Å². The van der Waals surface area contributed by atoms with Gasteiger partial charge in [0.15, 0.2) is 0 Å². The van der Waals surface area contributed by atoms with Gasteiger partial charge in [0, 0.05) is 24.7 Å². The Morgan fingerprint density at radius 3 is 2.36 bits per heavy atom. The van der Waals surface area contributed by atoms with Crippen LogP contribution in [0.15, 0.2) is 24.3 Å². The van der Waals surface area contributed by atoms with E-state index in [0.29, 0.717) is 0 Å². The van der Waals surface area contributed by atoms with Gasteiger partial charge < -0.3 is 10.2 Å². The molecule has 1 atom stereocenters. The van der Waals surface area contributed by atoms with E-state index in [2.05, 4.69) is 16.2 Å². The molecule has 0 aromatic heterocycles. The number of hydrazine groups is 1. The van der Waals surface area contributed by atoms with Crippen molar-refractivity contribution in [2.75, 3.05) is 11.4 Å². The van der Waals surface area contributed by atoms with E-state index >= 15 is 0 Å². The molecule has 3 rings (SSSR count). The van der Waals surface area contributed by atoms with Crippen LogP contribution in [0, 0.1) is 12.8 Å². The smallest absolute Gasteiger partial charge is 0.327 e. The van der Waals surface area contributed by atoms with Gasteiger partial charge in [0.25, 0.3) is 0 Å². The minimum absolute atomic E-state index is 0.0594. The predicted octanol–water partition coefficient (Wildman–Crippen LogP) is -0.226. The van der Waals surface area contributed by atoms with Crippen molar-refractivity contribution in [3.05, 3.63) is 29.8 Å². The van der Waals surface area contributed by atoms with Crippen LogP contribution in [0.4, 0.5) is 5.69 Å². The minimum atomic E-state index is -0.917. The molecule has 0 unspecified atom stereocenters. The number of carbonyl (C=O) groups is 4. The van der Waals surface area contributed by atoms with Gasteiger partial charge in [-0.05, 0) is 31.9 Å². The molecule has 2 fully saturated rings. The largest absolute Gasteiger partial charge is 0.345 e. The van der Waals surface area contributed by atoms with Crippen LogP contribution >= 0.6 is 0 Å². The van der Waals surface area contributed by atoms with Crippen molar-refractivity contribution in [2.45, 2.75) is 32.2 Å². The van der Waals surface area contributed by atoms with Gasteiger partial charge >= 0.3 is 11.8 Å². The van der Waals surface area contributed by atoms with E-state index in [1.54, 1.807) is 4.90 Å². The lowest BCUT2D eigenvalue weighted by molar-refractivity contribution is -0.141. The van der Waals surface area contributed by atoms with E-state index < -0.39 is 23.6 Å². The van der Waals surface area contributed by atoms with Crippen LogP contribution in [0.1, 0.15) is 24.8 Å². The summed E-state index contributed by atoms with van der Waals surface area (Å²) in [6.07, 6.45) is 1.79. The highest BCUT2D eigenvalue weighted by molar-refractivity contribution is 6.35. The van der Waals surface area contributed by atoms with Crippen LogP contribution in [0.25, 0.3) is 0 Å². The maximum absolute atomic E-state index is 12.1. The molecule has 8 heteroatoms. The summed E-state index contributed by atoms with van der Waals surface area (Å²) < 4.78 is 0. The molecule has 3 N–H and O–H groups in total. The molecular weight excluding hydrogens is 324 g/mol. The molecule has 1 aliphatic carbocycles. The van der Waals surface area contributed by atoms with Gasteiger partial charge in [-0.1, -0.05) is 17.7 Å². The Morgan fingerprint density at radius 2 is 1.72 bits per heavy atom. The third-order valence-electron chi connectivity index (χ3n) is 4.26. The Morgan fingerprint density at radius 1 is 1.04 bits per heavy atom. The fraction of sp³-hybridized carbons (Fsp3) is 0.412. The van der Waals surface area contributed by atoms with Gasteiger partial charge in [-0.3, -0.25) is 30.0 Å². The molecule has 0 bridgehead atoms. The van der Waals surface area contributed by atoms with Crippen molar-refractivity contribution in [2.24, 2.45) is 5.92 Å². The zero-order valence-electron chi connectivity index (χ0n) is 13.9. The molecule has 1 saturated carbocycles. The average Bonchev–Trinajstić information content (AvgIpc) is 3.32. The molecule has 0 radical (unpaired) electrons. The molecule has 1 aliphatic heterocycles. The summed E-state index contributed by atoms with van der Waals surface area (Å²) in [6.45, 7) is 2.19. The highest BCUT2D eigenvalue weighted by Crippen LogP contribution is 2.25. The van der Waals surface area contributed by atoms with Crippen molar-refractivity contribution in [1.82, 2.24) is 16.2 Å². The first-order valence-electron chi connectivity index (χ1n) is 8.22. The summed E-state index contributed by atoms with van der Waals surface area (Å²) in [6, 6.07) is 7.52. The maximum atomic E-state index is 12.1. The fourth-order valence-electron chi connectivity index (χ4n) is 2.61. The van der Waals surface area contributed by atoms with Gasteiger partial charge in [-0.15, -0.1) is 0 Å². The number of hydrogen-bond acceptors (Lipinski definition) is 4. The van der Waals surface area contributed by atoms with E-state index in [9.17, 15) is 19.2 Å². The number of nitrogens with one attached hydrogen (secondary N) is 3. The van der Waals surface area contributed by atoms with Crippen LogP contribution in [0.5, 0.6) is 0 Å².